The number of aryl methyl sites for hydroxylation is 1. The van der Waals surface area contributed by atoms with Crippen molar-refractivity contribution in [2.45, 2.75) is 48.5 Å². The van der Waals surface area contributed by atoms with Gasteiger partial charge in [0.05, 0.1) is 0 Å². The summed E-state index contributed by atoms with van der Waals surface area (Å²) in [4.78, 5) is 28.3. The SMILES string of the molecule is CC(C)=O.CC(C)=O.CC(C)=O.Cc1ccccc1. The van der Waals surface area contributed by atoms with Crippen LogP contribution in [0.25, 0.3) is 0 Å². The molecule has 1 aromatic rings. The molecular weight excluding hydrogens is 240 g/mol. The predicted molar refractivity (Wildman–Crippen MR) is 80.2 cm³/mol. The van der Waals surface area contributed by atoms with Crippen molar-refractivity contribution in [1.82, 2.24) is 0 Å². The average Bonchev–Trinajstić information content (AvgIpc) is 2.15. The van der Waals surface area contributed by atoms with E-state index in [1.807, 2.05) is 18.2 Å². The molecule has 1 rings (SSSR count). The van der Waals surface area contributed by atoms with Gasteiger partial charge >= 0.3 is 0 Å². The highest BCUT2D eigenvalue weighted by Gasteiger charge is 1.72. The smallest absolute Gasteiger partial charge is 0.126 e. The monoisotopic (exact) mass is 266 g/mol. The van der Waals surface area contributed by atoms with Crippen LogP contribution in [0.5, 0.6) is 0 Å². The van der Waals surface area contributed by atoms with Gasteiger partial charge in [-0.1, -0.05) is 35.9 Å². The van der Waals surface area contributed by atoms with E-state index in [9.17, 15) is 14.4 Å². The van der Waals surface area contributed by atoms with Crippen molar-refractivity contribution in [3.8, 4) is 0 Å². The number of hydrogen-bond acceptors (Lipinski definition) is 3. The molecule has 0 unspecified atom stereocenters. The topological polar surface area (TPSA) is 51.2 Å². The number of rotatable bonds is 0. The van der Waals surface area contributed by atoms with Crippen LogP contribution in [0, 0.1) is 6.92 Å². The number of hydrogen-bond donors (Lipinski definition) is 0. The fourth-order valence-electron chi connectivity index (χ4n) is 0.534. The summed E-state index contributed by atoms with van der Waals surface area (Å²) < 4.78 is 0. The third kappa shape index (κ3) is 84.7. The number of ketones is 3. The highest BCUT2D eigenvalue weighted by atomic mass is 16.1. The van der Waals surface area contributed by atoms with Gasteiger partial charge in [-0.05, 0) is 48.5 Å². The second-order valence-electron chi connectivity index (χ2n) is 4.38. The van der Waals surface area contributed by atoms with Gasteiger partial charge in [-0.25, -0.2) is 0 Å². The van der Waals surface area contributed by atoms with Crippen molar-refractivity contribution in [1.29, 1.82) is 0 Å². The van der Waals surface area contributed by atoms with Gasteiger partial charge in [-0.2, -0.15) is 0 Å². The summed E-state index contributed by atoms with van der Waals surface area (Å²) in [6.07, 6.45) is 0. The van der Waals surface area contributed by atoms with Crippen molar-refractivity contribution in [2.24, 2.45) is 0 Å². The molecule has 0 atom stereocenters. The Hall–Kier alpha value is -1.77. The second kappa shape index (κ2) is 16.2. The van der Waals surface area contributed by atoms with Crippen molar-refractivity contribution in [3.63, 3.8) is 0 Å². The molecule has 108 valence electrons. The maximum absolute atomic E-state index is 9.44. The van der Waals surface area contributed by atoms with Crippen LogP contribution < -0.4 is 0 Å². The van der Waals surface area contributed by atoms with Crippen molar-refractivity contribution >= 4 is 17.3 Å². The molecule has 0 N–H and O–H groups in total. The molecule has 3 heteroatoms. The van der Waals surface area contributed by atoms with Gasteiger partial charge in [-0.3, -0.25) is 0 Å². The van der Waals surface area contributed by atoms with E-state index in [4.69, 9.17) is 0 Å². The molecular formula is C16H26O3. The Morgan fingerprint density at radius 2 is 0.842 bits per heavy atom. The Morgan fingerprint density at radius 1 is 0.632 bits per heavy atom. The van der Waals surface area contributed by atoms with Gasteiger partial charge in [0.25, 0.3) is 0 Å². The van der Waals surface area contributed by atoms with Crippen LogP contribution in [-0.2, 0) is 14.4 Å². The normalized spacial score (nSPS) is 7.32. The third-order valence-electron chi connectivity index (χ3n) is 0.940. The van der Waals surface area contributed by atoms with Crippen molar-refractivity contribution in [2.75, 3.05) is 0 Å². The minimum Gasteiger partial charge on any atom is -0.300 e. The molecule has 0 bridgehead atoms. The van der Waals surface area contributed by atoms with Crippen LogP contribution >= 0.6 is 0 Å². The molecule has 0 aliphatic heterocycles. The summed E-state index contributed by atoms with van der Waals surface area (Å²) in [6.45, 7) is 11.2. The second-order valence-corrected chi connectivity index (χ2v) is 4.38. The minimum absolute atomic E-state index is 0.167. The van der Waals surface area contributed by atoms with Crippen LogP contribution in [-0.4, -0.2) is 17.3 Å². The van der Waals surface area contributed by atoms with E-state index in [1.165, 1.54) is 47.1 Å². The van der Waals surface area contributed by atoms with E-state index in [1.54, 1.807) is 0 Å². The average molecular weight is 266 g/mol. The van der Waals surface area contributed by atoms with E-state index in [2.05, 4.69) is 19.1 Å². The molecule has 0 spiro atoms. The first-order valence-corrected chi connectivity index (χ1v) is 6.02. The summed E-state index contributed by atoms with van der Waals surface area (Å²) in [5.41, 5.74) is 1.32. The van der Waals surface area contributed by atoms with Gasteiger partial charge in [0.15, 0.2) is 0 Å². The lowest BCUT2D eigenvalue weighted by Gasteiger charge is -1.82. The number of benzene rings is 1. The van der Waals surface area contributed by atoms with Gasteiger partial charge in [-0.15, -0.1) is 0 Å². The zero-order valence-electron chi connectivity index (χ0n) is 13.1. The third-order valence-corrected chi connectivity index (χ3v) is 0.940. The summed E-state index contributed by atoms with van der Waals surface area (Å²) >= 11 is 0. The number of carbonyl (C=O) groups excluding carboxylic acids is 3. The maximum atomic E-state index is 9.44. The quantitative estimate of drug-likeness (QED) is 0.718. The van der Waals surface area contributed by atoms with E-state index in [0.29, 0.717) is 0 Å². The molecule has 0 aliphatic carbocycles. The van der Waals surface area contributed by atoms with Crippen LogP contribution in [0.15, 0.2) is 30.3 Å². The molecule has 0 amide bonds. The van der Waals surface area contributed by atoms with E-state index >= 15 is 0 Å². The molecule has 1 aromatic carbocycles. The molecule has 0 radical (unpaired) electrons. The van der Waals surface area contributed by atoms with Gasteiger partial charge < -0.3 is 14.4 Å². The first-order chi connectivity index (χ1) is 8.59. The van der Waals surface area contributed by atoms with Crippen LogP contribution in [0.4, 0.5) is 0 Å². The Labute approximate surface area is 117 Å². The van der Waals surface area contributed by atoms with Gasteiger partial charge in [0, 0.05) is 0 Å². The van der Waals surface area contributed by atoms with E-state index < -0.39 is 0 Å². The molecule has 0 heterocycles. The largest absolute Gasteiger partial charge is 0.300 e. The summed E-state index contributed by atoms with van der Waals surface area (Å²) in [5, 5.41) is 0. The Morgan fingerprint density at radius 3 is 0.947 bits per heavy atom. The van der Waals surface area contributed by atoms with Crippen LogP contribution in [0.2, 0.25) is 0 Å². The highest BCUT2D eigenvalue weighted by molar-refractivity contribution is 5.72. The molecule has 3 nitrogen and oxygen atoms in total. The molecule has 0 aromatic heterocycles. The molecule has 0 saturated heterocycles. The van der Waals surface area contributed by atoms with Crippen LogP contribution in [0.1, 0.15) is 47.1 Å². The molecule has 0 saturated carbocycles. The fraction of sp³-hybridized carbons (Fsp3) is 0.438. The first-order valence-electron chi connectivity index (χ1n) is 6.02. The van der Waals surface area contributed by atoms with Crippen molar-refractivity contribution < 1.29 is 14.4 Å². The minimum atomic E-state index is 0.167. The summed E-state index contributed by atoms with van der Waals surface area (Å²) in [5.74, 6) is 0.500. The number of Topliss-reactive ketones (excluding diaryl/α,β-unsaturated/α-hetero) is 3. The lowest BCUT2D eigenvalue weighted by molar-refractivity contribution is -0.115. The van der Waals surface area contributed by atoms with Crippen LogP contribution in [0.3, 0.4) is 0 Å². The predicted octanol–water partition coefficient (Wildman–Crippen LogP) is 3.78. The Kier molecular flexibility index (Phi) is 19.1. The standard InChI is InChI=1S/C7H8.3C3H6O/c1-7-5-3-2-4-6-7;3*1-3(2)4/h2-6H,1H3;3*1-2H3. The van der Waals surface area contributed by atoms with Gasteiger partial charge in [0.2, 0.25) is 0 Å². The Balaban J connectivity index is -0.000000189. The van der Waals surface area contributed by atoms with E-state index in [0.717, 1.165) is 0 Å². The molecule has 0 aliphatic rings. The number of carbonyl (C=O) groups is 3. The maximum Gasteiger partial charge on any atom is 0.126 e. The Bertz CT molecular complexity index is 313. The van der Waals surface area contributed by atoms with Crippen molar-refractivity contribution in [3.05, 3.63) is 35.9 Å². The lowest BCUT2D eigenvalue weighted by atomic mass is 10.2. The molecule has 0 fully saturated rings. The zero-order chi connectivity index (χ0) is 15.8. The first kappa shape index (κ1) is 22.4. The van der Waals surface area contributed by atoms with E-state index in [-0.39, 0.29) is 17.3 Å². The highest BCUT2D eigenvalue weighted by Crippen LogP contribution is 1.92. The summed E-state index contributed by atoms with van der Waals surface area (Å²) in [7, 11) is 0. The fourth-order valence-corrected chi connectivity index (χ4v) is 0.534. The van der Waals surface area contributed by atoms with Gasteiger partial charge in [0.1, 0.15) is 17.3 Å². The summed E-state index contributed by atoms with van der Waals surface area (Å²) in [6, 6.07) is 10.3. The zero-order valence-corrected chi connectivity index (χ0v) is 13.1. The lowest BCUT2D eigenvalue weighted by Crippen LogP contribution is -1.69. The molecule has 19 heavy (non-hydrogen) atoms.